The van der Waals surface area contributed by atoms with Gasteiger partial charge in [0.25, 0.3) is 0 Å². The third-order valence-electron chi connectivity index (χ3n) is 3.41. The first kappa shape index (κ1) is 14.2. The number of benzene rings is 1. The van der Waals surface area contributed by atoms with Crippen molar-refractivity contribution < 1.29 is 23.9 Å². The van der Waals surface area contributed by atoms with E-state index in [2.05, 4.69) is 4.74 Å². The van der Waals surface area contributed by atoms with Crippen LogP contribution in [0, 0.1) is 11.8 Å². The molecule has 1 aromatic rings. The fraction of sp³-hybridized carbons (Fsp3) is 0.400. The van der Waals surface area contributed by atoms with E-state index < -0.39 is 23.8 Å². The van der Waals surface area contributed by atoms with Crippen LogP contribution in [0.2, 0.25) is 0 Å². The second kappa shape index (κ2) is 6.32. The molecule has 20 heavy (non-hydrogen) atoms. The first-order valence-corrected chi connectivity index (χ1v) is 6.42. The van der Waals surface area contributed by atoms with Crippen molar-refractivity contribution in [1.29, 1.82) is 0 Å². The van der Waals surface area contributed by atoms with E-state index in [1.54, 1.807) is 0 Å². The van der Waals surface area contributed by atoms with Crippen LogP contribution in [0.3, 0.4) is 0 Å². The summed E-state index contributed by atoms with van der Waals surface area (Å²) in [5.41, 5.74) is 0.861. The van der Waals surface area contributed by atoms with Crippen LogP contribution in [0.15, 0.2) is 30.3 Å². The molecular formula is C15H16O5. The van der Waals surface area contributed by atoms with Gasteiger partial charge in [-0.3, -0.25) is 14.4 Å². The molecule has 0 amide bonds. The molecule has 0 unspecified atom stereocenters. The molecule has 0 spiro atoms. The molecule has 1 aliphatic rings. The van der Waals surface area contributed by atoms with E-state index >= 15 is 0 Å². The topological polar surface area (TPSA) is 69.7 Å². The first-order valence-electron chi connectivity index (χ1n) is 6.42. The number of ketones is 1. The van der Waals surface area contributed by atoms with Crippen molar-refractivity contribution in [2.75, 3.05) is 7.11 Å². The minimum absolute atomic E-state index is 0.0490. The Morgan fingerprint density at radius 1 is 1.10 bits per heavy atom. The number of carbonyl (C=O) groups is 3. The highest BCUT2D eigenvalue weighted by Crippen LogP contribution is 2.31. The average Bonchev–Trinajstić information content (AvgIpc) is 2.87. The van der Waals surface area contributed by atoms with E-state index in [-0.39, 0.29) is 25.2 Å². The lowest BCUT2D eigenvalue weighted by atomic mass is 9.96. The SMILES string of the molecule is COC(=O)[C@@H]1CC(=O)C[C@@H]1C(=O)OCc1ccccc1. The Kier molecular flexibility index (Phi) is 4.50. The number of Topliss-reactive ketones (excluding diaryl/α,β-unsaturated/α-hetero) is 1. The fourth-order valence-electron chi connectivity index (χ4n) is 2.34. The van der Waals surface area contributed by atoms with E-state index in [9.17, 15) is 14.4 Å². The van der Waals surface area contributed by atoms with Gasteiger partial charge in [0, 0.05) is 12.8 Å². The molecule has 5 nitrogen and oxygen atoms in total. The van der Waals surface area contributed by atoms with Crippen LogP contribution < -0.4 is 0 Å². The quantitative estimate of drug-likeness (QED) is 0.779. The summed E-state index contributed by atoms with van der Waals surface area (Å²) < 4.78 is 9.81. The molecule has 0 aromatic heterocycles. The largest absolute Gasteiger partial charge is 0.469 e. The van der Waals surface area contributed by atoms with Crippen LogP contribution in [-0.4, -0.2) is 24.8 Å². The summed E-state index contributed by atoms with van der Waals surface area (Å²) in [6, 6.07) is 9.24. The van der Waals surface area contributed by atoms with Crippen molar-refractivity contribution in [3.63, 3.8) is 0 Å². The molecule has 0 radical (unpaired) electrons. The summed E-state index contributed by atoms with van der Waals surface area (Å²) in [6.45, 7) is 0.137. The maximum Gasteiger partial charge on any atom is 0.310 e. The summed E-state index contributed by atoms with van der Waals surface area (Å²) in [5.74, 6) is -2.59. The third kappa shape index (κ3) is 3.23. The van der Waals surface area contributed by atoms with E-state index in [1.165, 1.54) is 7.11 Å². The standard InChI is InChI=1S/C15H16O5/c1-19-14(17)12-7-11(16)8-13(12)15(18)20-9-10-5-3-2-4-6-10/h2-6,12-13H,7-9H2,1H3/t12-,13+/m1/s1. The lowest BCUT2D eigenvalue weighted by molar-refractivity contribution is -0.158. The predicted octanol–water partition coefficient (Wildman–Crippen LogP) is 1.50. The molecule has 2 atom stereocenters. The third-order valence-corrected chi connectivity index (χ3v) is 3.41. The molecule has 0 saturated heterocycles. The van der Waals surface area contributed by atoms with E-state index in [4.69, 9.17) is 4.74 Å². The summed E-state index contributed by atoms with van der Waals surface area (Å²) in [5, 5.41) is 0. The van der Waals surface area contributed by atoms with Gasteiger partial charge in [-0.1, -0.05) is 30.3 Å². The van der Waals surface area contributed by atoms with Gasteiger partial charge in [0.1, 0.15) is 12.4 Å². The van der Waals surface area contributed by atoms with Crippen LogP contribution in [0.4, 0.5) is 0 Å². The molecule has 1 aromatic carbocycles. The lowest BCUT2D eigenvalue weighted by Gasteiger charge is -2.15. The van der Waals surface area contributed by atoms with Gasteiger partial charge < -0.3 is 9.47 Å². The highest BCUT2D eigenvalue weighted by Gasteiger charge is 2.43. The van der Waals surface area contributed by atoms with Crippen LogP contribution in [0.1, 0.15) is 18.4 Å². The summed E-state index contributed by atoms with van der Waals surface area (Å²) in [6.07, 6.45) is 0.102. The number of rotatable bonds is 4. The molecular weight excluding hydrogens is 260 g/mol. The van der Waals surface area contributed by atoms with Crippen molar-refractivity contribution in [3.05, 3.63) is 35.9 Å². The number of methoxy groups -OCH3 is 1. The molecule has 0 heterocycles. The second-order valence-corrected chi connectivity index (χ2v) is 4.78. The Hall–Kier alpha value is -2.17. The number of esters is 2. The molecule has 0 aliphatic heterocycles. The Morgan fingerprint density at radius 3 is 2.30 bits per heavy atom. The lowest BCUT2D eigenvalue weighted by Crippen LogP contribution is -2.27. The van der Waals surface area contributed by atoms with Crippen molar-refractivity contribution >= 4 is 17.7 Å². The van der Waals surface area contributed by atoms with Crippen molar-refractivity contribution in [1.82, 2.24) is 0 Å². The Balaban J connectivity index is 1.97. The predicted molar refractivity (Wildman–Crippen MR) is 69.5 cm³/mol. The van der Waals surface area contributed by atoms with Gasteiger partial charge in [-0.05, 0) is 5.56 Å². The zero-order valence-corrected chi connectivity index (χ0v) is 11.2. The van der Waals surface area contributed by atoms with E-state index in [0.717, 1.165) is 5.56 Å². The minimum Gasteiger partial charge on any atom is -0.469 e. The normalized spacial score (nSPS) is 21.6. The fourth-order valence-corrected chi connectivity index (χ4v) is 2.34. The highest BCUT2D eigenvalue weighted by molar-refractivity contribution is 5.95. The van der Waals surface area contributed by atoms with Crippen LogP contribution in [0.25, 0.3) is 0 Å². The van der Waals surface area contributed by atoms with Gasteiger partial charge in [-0.25, -0.2) is 0 Å². The Labute approximate surface area is 116 Å². The summed E-state index contributed by atoms with van der Waals surface area (Å²) in [4.78, 5) is 35.0. The van der Waals surface area contributed by atoms with Gasteiger partial charge in [0.15, 0.2) is 0 Å². The van der Waals surface area contributed by atoms with Gasteiger partial charge in [-0.15, -0.1) is 0 Å². The average molecular weight is 276 g/mol. The molecule has 106 valence electrons. The molecule has 1 aliphatic carbocycles. The van der Waals surface area contributed by atoms with Crippen molar-refractivity contribution in [2.45, 2.75) is 19.4 Å². The number of carbonyl (C=O) groups excluding carboxylic acids is 3. The monoisotopic (exact) mass is 276 g/mol. The molecule has 0 N–H and O–H groups in total. The second-order valence-electron chi connectivity index (χ2n) is 4.78. The van der Waals surface area contributed by atoms with Gasteiger partial charge >= 0.3 is 11.9 Å². The Morgan fingerprint density at radius 2 is 1.70 bits per heavy atom. The zero-order chi connectivity index (χ0) is 14.5. The number of hydrogen-bond acceptors (Lipinski definition) is 5. The van der Waals surface area contributed by atoms with Gasteiger partial charge in [-0.2, -0.15) is 0 Å². The zero-order valence-electron chi connectivity index (χ0n) is 11.2. The van der Waals surface area contributed by atoms with Gasteiger partial charge in [0.2, 0.25) is 0 Å². The van der Waals surface area contributed by atoms with Crippen molar-refractivity contribution in [3.8, 4) is 0 Å². The van der Waals surface area contributed by atoms with Gasteiger partial charge in [0.05, 0.1) is 18.9 Å². The van der Waals surface area contributed by atoms with Crippen LogP contribution in [-0.2, 0) is 30.5 Å². The smallest absolute Gasteiger partial charge is 0.310 e. The van der Waals surface area contributed by atoms with E-state index in [0.29, 0.717) is 0 Å². The molecule has 5 heteroatoms. The van der Waals surface area contributed by atoms with Crippen molar-refractivity contribution in [2.24, 2.45) is 11.8 Å². The summed E-state index contributed by atoms with van der Waals surface area (Å²) in [7, 11) is 1.25. The van der Waals surface area contributed by atoms with Crippen LogP contribution in [0.5, 0.6) is 0 Å². The number of hydrogen-bond donors (Lipinski definition) is 0. The van der Waals surface area contributed by atoms with Crippen LogP contribution >= 0.6 is 0 Å². The Bertz CT molecular complexity index is 508. The molecule has 1 saturated carbocycles. The maximum atomic E-state index is 12.0. The summed E-state index contributed by atoms with van der Waals surface area (Å²) >= 11 is 0. The highest BCUT2D eigenvalue weighted by atomic mass is 16.5. The molecule has 1 fully saturated rings. The molecule has 0 bridgehead atoms. The first-order chi connectivity index (χ1) is 9.61. The molecule has 2 rings (SSSR count). The maximum absolute atomic E-state index is 12.0. The minimum atomic E-state index is -0.723. The van der Waals surface area contributed by atoms with E-state index in [1.807, 2.05) is 30.3 Å². The number of ether oxygens (including phenoxy) is 2.